The van der Waals surface area contributed by atoms with E-state index in [0.29, 0.717) is 37.3 Å². The topological polar surface area (TPSA) is 250 Å². The van der Waals surface area contributed by atoms with E-state index in [1.54, 1.807) is 14.2 Å². The summed E-state index contributed by atoms with van der Waals surface area (Å²) in [4.78, 5) is 72.2. The van der Waals surface area contributed by atoms with Crippen molar-refractivity contribution in [2.75, 3.05) is 93.4 Å². The molecule has 0 heterocycles. The highest BCUT2D eigenvalue weighted by atomic mass is 16.6. The summed E-state index contributed by atoms with van der Waals surface area (Å²) in [5.41, 5.74) is 1.61. The smallest absolute Gasteiger partial charge is 0.407 e. The summed E-state index contributed by atoms with van der Waals surface area (Å²) in [7, 11) is 3.30. The van der Waals surface area contributed by atoms with E-state index in [2.05, 4.69) is 92.0 Å². The normalized spacial score (nSPS) is 32.1. The minimum atomic E-state index is -1.35. The zero-order valence-electron chi connectivity index (χ0n) is 64.3. The van der Waals surface area contributed by atoms with Crippen LogP contribution in [0.4, 0.5) is 9.59 Å². The van der Waals surface area contributed by atoms with Crippen LogP contribution in [-0.4, -0.2) is 152 Å². The van der Waals surface area contributed by atoms with E-state index in [1.165, 1.54) is 142 Å². The number of carbonyl (C=O) groups is 6. The Bertz CT molecular complexity index is 2470. The van der Waals surface area contributed by atoms with Crippen LogP contribution in [0, 0.1) is 104 Å². The molecule has 0 aliphatic heterocycles. The third-order valence-electron chi connectivity index (χ3n) is 26.0. The van der Waals surface area contributed by atoms with E-state index >= 15 is 0 Å². The fraction of sp³-hybridized carbons (Fsp3) is 0.875. The van der Waals surface area contributed by atoms with Crippen LogP contribution >= 0.6 is 0 Å². The van der Waals surface area contributed by atoms with Crippen LogP contribution in [0.15, 0.2) is 23.3 Å². The number of hydrogen-bond acceptors (Lipinski definition) is 17. The molecule has 19 heteroatoms. The molecule has 8 aliphatic carbocycles. The van der Waals surface area contributed by atoms with Gasteiger partial charge in [0.2, 0.25) is 0 Å². The first kappa shape index (κ1) is 83.6. The van der Waals surface area contributed by atoms with Crippen LogP contribution in [0.1, 0.15) is 238 Å². The molecule has 6 fully saturated rings. The van der Waals surface area contributed by atoms with Gasteiger partial charge in [0.15, 0.2) is 0 Å². The van der Waals surface area contributed by atoms with Crippen molar-refractivity contribution in [1.82, 2.24) is 10.6 Å². The lowest BCUT2D eigenvalue weighted by atomic mass is 9.47. The number of esters is 4. The Hall–Kier alpha value is -4.30. The number of nitrogens with one attached hydrogen (secondary N) is 2. The van der Waals surface area contributed by atoms with Crippen LogP contribution in [0.5, 0.6) is 0 Å². The number of hydrogen-bond donors (Lipinski definition) is 4. The third kappa shape index (κ3) is 21.9. The summed E-state index contributed by atoms with van der Waals surface area (Å²) in [6.45, 7) is 31.2. The van der Waals surface area contributed by atoms with Gasteiger partial charge in [0.1, 0.15) is 49.5 Å². The number of ether oxygens (including phenoxy) is 9. The molecule has 4 N–H and O–H groups in total. The Balaban J connectivity index is 0.000000277. The first-order chi connectivity index (χ1) is 46.9. The molecule has 2 amide bonds. The van der Waals surface area contributed by atoms with Gasteiger partial charge in [0.05, 0.1) is 52.7 Å². The van der Waals surface area contributed by atoms with Gasteiger partial charge in [-0.15, -0.1) is 0 Å². The summed E-state index contributed by atoms with van der Waals surface area (Å²) in [5.74, 6) is 7.14. The molecule has 99 heavy (non-hydrogen) atoms. The molecule has 19 nitrogen and oxygen atoms in total. The van der Waals surface area contributed by atoms with Crippen molar-refractivity contribution in [1.29, 1.82) is 0 Å². The van der Waals surface area contributed by atoms with Crippen molar-refractivity contribution < 1.29 is 81.6 Å². The lowest BCUT2D eigenvalue weighted by Gasteiger charge is -2.58. The van der Waals surface area contributed by atoms with Gasteiger partial charge in [-0.3, -0.25) is 19.2 Å². The highest BCUT2D eigenvalue weighted by Crippen LogP contribution is 2.69. The zero-order chi connectivity index (χ0) is 72.9. The molecule has 0 aromatic carbocycles. The van der Waals surface area contributed by atoms with Crippen LogP contribution < -0.4 is 10.6 Å². The predicted molar refractivity (Wildman–Crippen MR) is 383 cm³/mol. The fourth-order valence-electron chi connectivity index (χ4n) is 20.1. The van der Waals surface area contributed by atoms with Gasteiger partial charge < -0.3 is 63.5 Å². The lowest BCUT2D eigenvalue weighted by Crippen LogP contribution is -2.51. The summed E-state index contributed by atoms with van der Waals surface area (Å²) in [6, 6.07) is 0. The van der Waals surface area contributed by atoms with E-state index in [9.17, 15) is 39.0 Å². The molecule has 8 aliphatic rings. The van der Waals surface area contributed by atoms with E-state index in [4.69, 9.17) is 42.6 Å². The minimum absolute atomic E-state index is 0.0712. The maximum Gasteiger partial charge on any atom is 0.407 e. The van der Waals surface area contributed by atoms with Crippen molar-refractivity contribution in [2.45, 2.75) is 250 Å². The molecule has 0 bridgehead atoms. The number of allylic oxidation sites excluding steroid dienone is 2. The fourth-order valence-corrected chi connectivity index (χ4v) is 20.1. The SMILES string of the molecule is CC(=O)OCC(C)(CO)C(=O)OCCNC(=O)OC1CC[C@@]2(C)C(=CC[C@@H]3[C@@H]2CC[C@]2(C)C([C@H](C)CCCC(C)C)CC[C@@H]32)C1.CC(=O)OCC(C)(CO)C(=O)OCCNC(=O)OC1CC[C@@]2(C)C(=CC[C@@H]3[C@@H]2CC[C@]2(C)C([C@H](C)CCCC(C)C)CC[C@@H]32)C1.COCCOCCOC. The van der Waals surface area contributed by atoms with Gasteiger partial charge in [-0.2, -0.15) is 0 Å². The molecule has 0 aromatic heterocycles. The first-order valence-corrected chi connectivity index (χ1v) is 38.5. The monoisotopic (exact) mass is 1400 g/mol. The second-order valence-electron chi connectivity index (χ2n) is 33.8. The molecule has 0 aromatic rings. The van der Waals surface area contributed by atoms with E-state index < -0.39 is 60.1 Å². The van der Waals surface area contributed by atoms with Gasteiger partial charge in [-0.25, -0.2) is 9.59 Å². The summed E-state index contributed by atoms with van der Waals surface area (Å²) in [5, 5.41) is 24.6. The van der Waals surface area contributed by atoms with Crippen LogP contribution in [-0.2, 0) is 61.8 Å². The highest BCUT2D eigenvalue weighted by Gasteiger charge is 2.61. The number of rotatable bonds is 32. The Morgan fingerprint density at radius 1 is 0.505 bits per heavy atom. The maximum absolute atomic E-state index is 12.6. The molecule has 568 valence electrons. The second kappa shape index (κ2) is 38.5. The number of aliphatic hydroxyl groups is 2. The predicted octanol–water partition coefficient (Wildman–Crippen LogP) is 14.8. The van der Waals surface area contributed by atoms with E-state index in [-0.39, 0.29) is 62.6 Å². The molecule has 6 unspecified atom stereocenters. The average molecular weight is 1400 g/mol. The van der Waals surface area contributed by atoms with Gasteiger partial charge in [-0.1, -0.05) is 131 Å². The number of alkyl carbamates (subject to hydrolysis) is 2. The van der Waals surface area contributed by atoms with Gasteiger partial charge in [0, 0.05) is 40.9 Å². The first-order valence-electron chi connectivity index (χ1n) is 38.5. The number of methoxy groups -OCH3 is 2. The van der Waals surface area contributed by atoms with Gasteiger partial charge in [0.25, 0.3) is 0 Å². The molecule has 0 saturated heterocycles. The Kier molecular flexibility index (Phi) is 32.5. The number of fused-ring (bicyclic) bond motifs is 10. The molecule has 6 saturated carbocycles. The minimum Gasteiger partial charge on any atom is -0.465 e. The molecular weight excluding hydrogens is 1260 g/mol. The largest absolute Gasteiger partial charge is 0.465 e. The zero-order valence-corrected chi connectivity index (χ0v) is 64.3. The van der Waals surface area contributed by atoms with Gasteiger partial charge >= 0.3 is 36.1 Å². The Labute approximate surface area is 596 Å². The average Bonchev–Trinajstić information content (AvgIpc) is 1.70. The maximum atomic E-state index is 12.6. The Morgan fingerprint density at radius 2 is 0.889 bits per heavy atom. The van der Waals surface area contributed by atoms with Crippen LogP contribution in [0.25, 0.3) is 0 Å². The van der Waals surface area contributed by atoms with Crippen LogP contribution in [0.2, 0.25) is 0 Å². The van der Waals surface area contributed by atoms with Crippen molar-refractivity contribution in [3.8, 4) is 0 Å². The number of aliphatic hydroxyl groups excluding tert-OH is 2. The second-order valence-corrected chi connectivity index (χ2v) is 33.8. The standard InChI is InChI=1S/2C37H61NO7.C6H14O3/c2*1-24(2)9-8-10-25(3)30-13-14-31-29-12-11-27-21-28(15-17-36(27,6)32(29)16-18-37(30,31)7)45-34(42)38-19-20-43-33(41)35(5,22-39)23-44-26(4)40;1-7-3-5-9-6-4-8-2/h2*11,24-25,28-32,39H,8-10,12-23H2,1-7H3,(H,38,42);3-6H2,1-2H3/t2*25-,28?,29+,30?,31+,32+,35?,36+,37-;/m11./s1. The number of amides is 2. The van der Waals surface area contributed by atoms with Crippen molar-refractivity contribution >= 4 is 36.1 Å². The van der Waals surface area contributed by atoms with Crippen molar-refractivity contribution in [2.24, 2.45) is 104 Å². The third-order valence-corrected chi connectivity index (χ3v) is 26.0. The molecule has 0 radical (unpaired) electrons. The quantitative estimate of drug-likeness (QED) is 0.0211. The number of carbonyl (C=O) groups excluding carboxylic acids is 6. The summed E-state index contributed by atoms with van der Waals surface area (Å²) in [6.07, 6.45) is 30.6. The molecule has 0 spiro atoms. The molecule has 18 atom stereocenters. The summed E-state index contributed by atoms with van der Waals surface area (Å²) >= 11 is 0. The highest BCUT2D eigenvalue weighted by molar-refractivity contribution is 5.78. The van der Waals surface area contributed by atoms with Crippen LogP contribution in [0.3, 0.4) is 0 Å². The molecular formula is C80H136N2O17. The molecule has 8 rings (SSSR count). The lowest BCUT2D eigenvalue weighted by molar-refractivity contribution is -0.166. The van der Waals surface area contributed by atoms with Gasteiger partial charge in [-0.05, 0) is 196 Å². The van der Waals surface area contributed by atoms with Crippen molar-refractivity contribution in [3.05, 3.63) is 23.3 Å². The Morgan fingerprint density at radius 3 is 1.23 bits per heavy atom. The van der Waals surface area contributed by atoms with E-state index in [1.807, 2.05) is 0 Å². The summed E-state index contributed by atoms with van der Waals surface area (Å²) < 4.78 is 46.4. The van der Waals surface area contributed by atoms with E-state index in [0.717, 1.165) is 110 Å². The van der Waals surface area contributed by atoms with Crippen molar-refractivity contribution in [3.63, 3.8) is 0 Å².